The molecule has 2 rings (SSSR count). The van der Waals surface area contributed by atoms with Crippen LogP contribution in [0.15, 0.2) is 40.8 Å². The molecule has 2 aromatic rings. The van der Waals surface area contributed by atoms with E-state index in [-0.39, 0.29) is 12.3 Å². The molecule has 1 amide bonds. The molecule has 1 aromatic carbocycles. The summed E-state index contributed by atoms with van der Waals surface area (Å²) in [5, 5.41) is 13.5. The van der Waals surface area contributed by atoms with Gasteiger partial charge in [0.25, 0.3) is 5.91 Å². The molecule has 0 atom stereocenters. The van der Waals surface area contributed by atoms with Gasteiger partial charge in [0.2, 0.25) is 0 Å². The number of nitro groups is 1. The van der Waals surface area contributed by atoms with E-state index in [1.54, 1.807) is 24.3 Å². The lowest BCUT2D eigenvalue weighted by Crippen LogP contribution is -2.22. The van der Waals surface area contributed by atoms with Crippen LogP contribution < -0.4 is 5.32 Å². The highest BCUT2D eigenvalue weighted by Gasteiger charge is 2.17. The van der Waals surface area contributed by atoms with Gasteiger partial charge >= 0.3 is 5.88 Å². The predicted octanol–water partition coefficient (Wildman–Crippen LogP) is 2.77. The number of hydrogen-bond acceptors (Lipinski definition) is 4. The highest BCUT2D eigenvalue weighted by atomic mass is 35.5. The molecule has 0 bridgehead atoms. The van der Waals surface area contributed by atoms with Crippen LogP contribution in [0.5, 0.6) is 0 Å². The van der Waals surface area contributed by atoms with Crippen molar-refractivity contribution in [3.63, 3.8) is 0 Å². The van der Waals surface area contributed by atoms with Crippen molar-refractivity contribution in [3.05, 3.63) is 62.9 Å². The van der Waals surface area contributed by atoms with Crippen molar-refractivity contribution in [1.82, 2.24) is 5.32 Å². The molecule has 7 heteroatoms. The number of rotatable bonds is 4. The number of hydrogen-bond donors (Lipinski definition) is 1. The zero-order valence-corrected chi connectivity index (χ0v) is 10.4. The summed E-state index contributed by atoms with van der Waals surface area (Å²) in [6.45, 7) is 0.215. The quantitative estimate of drug-likeness (QED) is 0.689. The lowest BCUT2D eigenvalue weighted by molar-refractivity contribution is -0.402. The normalized spacial score (nSPS) is 10.2. The third-order valence-electron chi connectivity index (χ3n) is 2.39. The number of furan rings is 1. The summed E-state index contributed by atoms with van der Waals surface area (Å²) in [6.07, 6.45) is 0. The first-order valence-corrected chi connectivity index (χ1v) is 5.71. The molecule has 0 radical (unpaired) electrons. The van der Waals surface area contributed by atoms with E-state index in [4.69, 9.17) is 16.0 Å². The SMILES string of the molecule is O=C(NCc1ccccc1Cl)c1ccc([N+](=O)[O-])o1. The van der Waals surface area contributed by atoms with Crippen LogP contribution in [0.3, 0.4) is 0 Å². The molecule has 0 unspecified atom stereocenters. The minimum atomic E-state index is -0.704. The van der Waals surface area contributed by atoms with Crippen molar-refractivity contribution in [2.45, 2.75) is 6.54 Å². The van der Waals surface area contributed by atoms with Crippen LogP contribution in [0.1, 0.15) is 16.1 Å². The predicted molar refractivity (Wildman–Crippen MR) is 68.0 cm³/mol. The van der Waals surface area contributed by atoms with E-state index in [9.17, 15) is 14.9 Å². The molecule has 19 heavy (non-hydrogen) atoms. The molecule has 0 aliphatic heterocycles. The summed E-state index contributed by atoms with van der Waals surface area (Å²) in [5.74, 6) is -1.12. The molecule has 6 nitrogen and oxygen atoms in total. The van der Waals surface area contributed by atoms with Crippen LogP contribution >= 0.6 is 11.6 Å². The zero-order valence-electron chi connectivity index (χ0n) is 9.63. The average Bonchev–Trinajstić information content (AvgIpc) is 2.87. The molecule has 0 saturated carbocycles. The van der Waals surface area contributed by atoms with Crippen LogP contribution in [0, 0.1) is 10.1 Å². The molecule has 0 fully saturated rings. The largest absolute Gasteiger partial charge is 0.433 e. The number of carbonyl (C=O) groups is 1. The maximum atomic E-state index is 11.7. The van der Waals surface area contributed by atoms with Gasteiger partial charge in [-0.05, 0) is 17.7 Å². The van der Waals surface area contributed by atoms with E-state index in [0.717, 1.165) is 11.6 Å². The molecular formula is C12H9ClN2O4. The molecular weight excluding hydrogens is 272 g/mol. The highest BCUT2D eigenvalue weighted by Crippen LogP contribution is 2.17. The second kappa shape index (κ2) is 5.53. The van der Waals surface area contributed by atoms with Gasteiger partial charge in [-0.1, -0.05) is 29.8 Å². The molecule has 0 spiro atoms. The fourth-order valence-electron chi connectivity index (χ4n) is 1.45. The third kappa shape index (κ3) is 3.11. The molecule has 0 saturated heterocycles. The number of amides is 1. The first-order chi connectivity index (χ1) is 9.08. The van der Waals surface area contributed by atoms with Crippen molar-refractivity contribution < 1.29 is 14.1 Å². The maximum Gasteiger partial charge on any atom is 0.433 e. The second-order valence-corrected chi connectivity index (χ2v) is 4.08. The Morgan fingerprint density at radius 2 is 2.05 bits per heavy atom. The zero-order chi connectivity index (χ0) is 13.8. The minimum absolute atomic E-state index is 0.112. The van der Waals surface area contributed by atoms with E-state index in [1.165, 1.54) is 6.07 Å². The summed E-state index contributed by atoms with van der Waals surface area (Å²) in [7, 11) is 0. The third-order valence-corrected chi connectivity index (χ3v) is 2.76. The molecule has 1 aromatic heterocycles. The lowest BCUT2D eigenvalue weighted by Gasteiger charge is -2.04. The van der Waals surface area contributed by atoms with E-state index in [2.05, 4.69) is 5.32 Å². The van der Waals surface area contributed by atoms with Crippen LogP contribution in [0.25, 0.3) is 0 Å². The fraction of sp³-hybridized carbons (Fsp3) is 0.0833. The van der Waals surface area contributed by atoms with Gasteiger partial charge in [-0.15, -0.1) is 0 Å². The van der Waals surface area contributed by atoms with Gasteiger partial charge in [0.1, 0.15) is 4.92 Å². The Balaban J connectivity index is 2.01. The Kier molecular flexibility index (Phi) is 3.82. The van der Waals surface area contributed by atoms with Crippen LogP contribution in [0.2, 0.25) is 5.02 Å². The van der Waals surface area contributed by atoms with E-state index in [1.807, 2.05) is 0 Å². The number of nitrogens with one attached hydrogen (secondary N) is 1. The number of nitrogens with zero attached hydrogens (tertiary/aromatic N) is 1. The van der Waals surface area contributed by atoms with Gasteiger partial charge in [0.15, 0.2) is 5.76 Å². The van der Waals surface area contributed by atoms with Crippen molar-refractivity contribution in [2.75, 3.05) is 0 Å². The Labute approximate surface area is 113 Å². The molecule has 1 heterocycles. The lowest BCUT2D eigenvalue weighted by atomic mass is 10.2. The number of benzene rings is 1. The standard InChI is InChI=1S/C12H9ClN2O4/c13-9-4-2-1-3-8(9)7-14-12(16)10-5-6-11(19-10)15(17)18/h1-6H,7H2,(H,14,16). The van der Waals surface area contributed by atoms with Crippen LogP contribution in [0.4, 0.5) is 5.88 Å². The summed E-state index contributed by atoms with van der Waals surface area (Å²) >= 11 is 5.94. The van der Waals surface area contributed by atoms with Gasteiger partial charge in [-0.25, -0.2) is 0 Å². The van der Waals surface area contributed by atoms with Gasteiger partial charge in [-0.2, -0.15) is 0 Å². The van der Waals surface area contributed by atoms with Crippen LogP contribution in [-0.2, 0) is 6.54 Å². The van der Waals surface area contributed by atoms with Gasteiger partial charge < -0.3 is 9.73 Å². The van der Waals surface area contributed by atoms with Crippen molar-refractivity contribution in [3.8, 4) is 0 Å². The van der Waals surface area contributed by atoms with Gasteiger partial charge in [0, 0.05) is 11.6 Å². The van der Waals surface area contributed by atoms with E-state index >= 15 is 0 Å². The summed E-state index contributed by atoms with van der Waals surface area (Å²) in [5.41, 5.74) is 0.749. The Bertz CT molecular complexity index is 624. The summed E-state index contributed by atoms with van der Waals surface area (Å²) in [4.78, 5) is 21.4. The second-order valence-electron chi connectivity index (χ2n) is 3.67. The molecule has 1 N–H and O–H groups in total. The van der Waals surface area contributed by atoms with E-state index < -0.39 is 16.7 Å². The summed E-state index contributed by atoms with van der Waals surface area (Å²) in [6, 6.07) is 9.44. The first-order valence-electron chi connectivity index (χ1n) is 5.34. The monoisotopic (exact) mass is 280 g/mol. The number of halogens is 1. The van der Waals surface area contributed by atoms with Crippen molar-refractivity contribution >= 4 is 23.4 Å². The van der Waals surface area contributed by atoms with Crippen molar-refractivity contribution in [1.29, 1.82) is 0 Å². The van der Waals surface area contributed by atoms with E-state index in [0.29, 0.717) is 5.02 Å². The summed E-state index contributed by atoms with van der Waals surface area (Å²) < 4.78 is 4.78. The number of carbonyl (C=O) groups excluding carboxylic acids is 1. The minimum Gasteiger partial charge on any atom is -0.395 e. The Morgan fingerprint density at radius 1 is 1.32 bits per heavy atom. The first kappa shape index (κ1) is 13.1. The van der Waals surface area contributed by atoms with Gasteiger partial charge in [-0.3, -0.25) is 14.9 Å². The van der Waals surface area contributed by atoms with Crippen molar-refractivity contribution in [2.24, 2.45) is 0 Å². The Morgan fingerprint density at radius 3 is 2.68 bits per heavy atom. The fourth-order valence-corrected chi connectivity index (χ4v) is 1.65. The molecule has 0 aliphatic carbocycles. The topological polar surface area (TPSA) is 85.4 Å². The molecule has 0 aliphatic rings. The van der Waals surface area contributed by atoms with Gasteiger partial charge in [0.05, 0.1) is 6.07 Å². The average molecular weight is 281 g/mol. The Hall–Kier alpha value is -2.34. The smallest absolute Gasteiger partial charge is 0.395 e. The van der Waals surface area contributed by atoms with Crippen LogP contribution in [-0.4, -0.2) is 10.8 Å². The highest BCUT2D eigenvalue weighted by molar-refractivity contribution is 6.31. The maximum absolute atomic E-state index is 11.7. The molecule has 98 valence electrons.